The minimum absolute atomic E-state index is 0.0251. The van der Waals surface area contributed by atoms with Crippen molar-refractivity contribution >= 4 is 40.3 Å². The van der Waals surface area contributed by atoms with Crippen LogP contribution in [0.2, 0.25) is 5.02 Å². The topological polar surface area (TPSA) is 106 Å². The molecule has 0 bridgehead atoms. The van der Waals surface area contributed by atoms with E-state index in [1.54, 1.807) is 0 Å². The van der Waals surface area contributed by atoms with Crippen molar-refractivity contribution < 1.29 is 22.8 Å². The first kappa shape index (κ1) is 21.9. The van der Waals surface area contributed by atoms with Gasteiger partial charge in [0.2, 0.25) is 11.8 Å². The van der Waals surface area contributed by atoms with Crippen LogP contribution < -0.4 is 11.1 Å². The number of aromatic nitrogens is 3. The van der Waals surface area contributed by atoms with Crippen LogP contribution in [0.25, 0.3) is 11.0 Å². The van der Waals surface area contributed by atoms with Crippen LogP contribution in [0.3, 0.4) is 0 Å². The van der Waals surface area contributed by atoms with E-state index in [2.05, 4.69) is 15.3 Å². The van der Waals surface area contributed by atoms with Gasteiger partial charge in [0.15, 0.2) is 5.82 Å². The van der Waals surface area contributed by atoms with Gasteiger partial charge in [-0.1, -0.05) is 23.7 Å². The number of likely N-dealkylation sites (tertiary alicyclic amines) is 1. The molecular weight excluding hydrogens is 449 g/mol. The Morgan fingerprint density at radius 3 is 2.84 bits per heavy atom. The van der Waals surface area contributed by atoms with E-state index in [4.69, 9.17) is 17.3 Å². The fraction of sp³-hybridized carbons (Fsp3) is 0.300. The Morgan fingerprint density at radius 2 is 2.06 bits per heavy atom. The molecule has 1 aliphatic rings. The number of nitrogen functional groups attached to an aromatic ring is 1. The van der Waals surface area contributed by atoms with Gasteiger partial charge in [0.05, 0.1) is 17.0 Å². The molecule has 8 nitrogen and oxygen atoms in total. The number of nitrogens with zero attached hydrogens (tertiary/aromatic N) is 4. The van der Waals surface area contributed by atoms with Crippen molar-refractivity contribution in [2.24, 2.45) is 0 Å². The number of hydrogen-bond acceptors (Lipinski definition) is 5. The third-order valence-electron chi connectivity index (χ3n) is 5.30. The maximum atomic E-state index is 14.2. The summed E-state index contributed by atoms with van der Waals surface area (Å²) in [5.41, 5.74) is 5.93. The Bertz CT molecular complexity index is 1200. The summed E-state index contributed by atoms with van der Waals surface area (Å²) in [6.07, 6.45) is 0.573. The molecule has 2 amide bonds. The molecule has 168 valence electrons. The minimum Gasteiger partial charge on any atom is -0.383 e. The summed E-state index contributed by atoms with van der Waals surface area (Å²) >= 11 is 5.73. The maximum Gasteiger partial charge on any atom is 0.243 e. The maximum absolute atomic E-state index is 14.2. The van der Waals surface area contributed by atoms with Crippen LogP contribution in [0, 0.1) is 11.6 Å². The number of carbonyl (C=O) groups is 2. The average Bonchev–Trinajstić information content (AvgIpc) is 3.30. The summed E-state index contributed by atoms with van der Waals surface area (Å²) in [5.74, 6) is -2.68. The molecule has 1 fully saturated rings. The lowest BCUT2D eigenvalue weighted by Crippen LogP contribution is -2.46. The number of alkyl halides is 1. The zero-order valence-electron chi connectivity index (χ0n) is 16.6. The molecule has 1 aliphatic heterocycles. The monoisotopic (exact) mass is 466 g/mol. The van der Waals surface area contributed by atoms with Crippen LogP contribution in [-0.2, 0) is 22.7 Å². The van der Waals surface area contributed by atoms with E-state index in [1.807, 2.05) is 0 Å². The van der Waals surface area contributed by atoms with Crippen LogP contribution >= 0.6 is 11.6 Å². The summed E-state index contributed by atoms with van der Waals surface area (Å²) in [4.78, 5) is 34.3. The van der Waals surface area contributed by atoms with Crippen molar-refractivity contribution in [1.82, 2.24) is 24.8 Å². The molecule has 1 aromatic carbocycles. The molecule has 0 unspecified atom stereocenters. The largest absolute Gasteiger partial charge is 0.383 e. The highest BCUT2D eigenvalue weighted by molar-refractivity contribution is 6.30. The van der Waals surface area contributed by atoms with Crippen LogP contribution in [0.4, 0.5) is 19.0 Å². The summed E-state index contributed by atoms with van der Waals surface area (Å²) < 4.78 is 43.6. The third-order valence-corrected chi connectivity index (χ3v) is 5.59. The molecule has 0 aliphatic carbocycles. The number of halogens is 4. The molecule has 2 aromatic heterocycles. The normalized spacial score (nSPS) is 18.3. The van der Waals surface area contributed by atoms with E-state index in [1.165, 1.54) is 22.8 Å². The van der Waals surface area contributed by atoms with Crippen LogP contribution in [0.1, 0.15) is 12.0 Å². The summed E-state index contributed by atoms with van der Waals surface area (Å²) in [6, 6.07) is 3.27. The van der Waals surface area contributed by atoms with Crippen molar-refractivity contribution in [3.05, 3.63) is 52.9 Å². The molecule has 3 aromatic rings. The molecule has 0 spiro atoms. The number of nitrogens with one attached hydrogen (secondary N) is 1. The average molecular weight is 467 g/mol. The number of nitrogens with two attached hydrogens (primary N) is 1. The van der Waals surface area contributed by atoms with Crippen molar-refractivity contribution in [1.29, 1.82) is 0 Å². The Labute approximate surface area is 185 Å². The van der Waals surface area contributed by atoms with Gasteiger partial charge in [-0.3, -0.25) is 9.59 Å². The highest BCUT2D eigenvalue weighted by atomic mass is 35.5. The standard InChI is InChI=1S/C20H18ClF3N6O2/c21-12-3-1-2-10(17(12)24)5-26-20(32)14-4-11(22)6-30(14)15(31)8-29-7-13(23)16-18(25)27-9-28-19(16)29/h1-3,7,9,11,14H,4-6,8H2,(H,26,32)(H2,25,27,28)/t11-,14-/m1/s1. The molecule has 3 heterocycles. The van der Waals surface area contributed by atoms with Gasteiger partial charge < -0.3 is 20.5 Å². The van der Waals surface area contributed by atoms with Crippen molar-refractivity contribution in [3.8, 4) is 0 Å². The number of benzene rings is 1. The number of fused-ring (bicyclic) bond motifs is 1. The highest BCUT2D eigenvalue weighted by Gasteiger charge is 2.39. The fourth-order valence-electron chi connectivity index (χ4n) is 3.75. The molecule has 0 saturated carbocycles. The second-order valence-electron chi connectivity index (χ2n) is 7.39. The number of hydrogen-bond donors (Lipinski definition) is 2. The summed E-state index contributed by atoms with van der Waals surface area (Å²) in [7, 11) is 0. The number of anilines is 1. The molecule has 32 heavy (non-hydrogen) atoms. The zero-order chi connectivity index (χ0) is 23.0. The lowest BCUT2D eigenvalue weighted by Gasteiger charge is -2.24. The SMILES string of the molecule is Nc1ncnc2c1c(F)cn2CC(=O)N1C[C@H](F)C[C@@H]1C(=O)NCc1cccc(Cl)c1F. The zero-order valence-corrected chi connectivity index (χ0v) is 17.3. The Hall–Kier alpha value is -3.34. The smallest absolute Gasteiger partial charge is 0.243 e. The lowest BCUT2D eigenvalue weighted by atomic mass is 10.1. The third kappa shape index (κ3) is 4.07. The van der Waals surface area contributed by atoms with Gasteiger partial charge in [0.1, 0.15) is 42.4 Å². The molecule has 0 radical (unpaired) electrons. The van der Waals surface area contributed by atoms with Gasteiger partial charge in [-0.05, 0) is 6.07 Å². The summed E-state index contributed by atoms with van der Waals surface area (Å²) in [6.45, 7) is -0.845. The number of amides is 2. The summed E-state index contributed by atoms with van der Waals surface area (Å²) in [5, 5.41) is 2.40. The van der Waals surface area contributed by atoms with E-state index in [0.717, 1.165) is 17.4 Å². The van der Waals surface area contributed by atoms with E-state index >= 15 is 0 Å². The molecule has 1 saturated heterocycles. The fourth-order valence-corrected chi connectivity index (χ4v) is 3.94. The highest BCUT2D eigenvalue weighted by Crippen LogP contribution is 2.25. The van der Waals surface area contributed by atoms with Gasteiger partial charge >= 0.3 is 0 Å². The molecule has 4 rings (SSSR count). The Balaban J connectivity index is 1.49. The lowest BCUT2D eigenvalue weighted by molar-refractivity contribution is -0.139. The molecule has 3 N–H and O–H groups in total. The minimum atomic E-state index is -1.41. The molecule has 2 atom stereocenters. The quantitative estimate of drug-likeness (QED) is 0.599. The first-order chi connectivity index (χ1) is 15.3. The van der Waals surface area contributed by atoms with Crippen LogP contribution in [0.15, 0.2) is 30.7 Å². The van der Waals surface area contributed by atoms with E-state index in [-0.39, 0.29) is 53.5 Å². The van der Waals surface area contributed by atoms with Gasteiger partial charge in [0.25, 0.3) is 0 Å². The van der Waals surface area contributed by atoms with E-state index in [9.17, 15) is 22.8 Å². The second kappa shape index (κ2) is 8.65. The van der Waals surface area contributed by atoms with Gasteiger partial charge in [-0.25, -0.2) is 23.1 Å². The van der Waals surface area contributed by atoms with Crippen molar-refractivity contribution in [2.45, 2.75) is 31.7 Å². The Morgan fingerprint density at radius 1 is 1.28 bits per heavy atom. The van der Waals surface area contributed by atoms with Crippen molar-refractivity contribution in [2.75, 3.05) is 12.3 Å². The van der Waals surface area contributed by atoms with Gasteiger partial charge in [-0.2, -0.15) is 0 Å². The first-order valence-electron chi connectivity index (χ1n) is 9.65. The van der Waals surface area contributed by atoms with Crippen molar-refractivity contribution in [3.63, 3.8) is 0 Å². The predicted octanol–water partition coefficient (Wildman–Crippen LogP) is 2.20. The number of carbonyl (C=O) groups excluding carboxylic acids is 2. The molecule has 12 heteroatoms. The van der Waals surface area contributed by atoms with E-state index < -0.39 is 35.7 Å². The van der Waals surface area contributed by atoms with Gasteiger partial charge in [0, 0.05) is 24.7 Å². The Kier molecular flexibility index (Phi) is 5.92. The van der Waals surface area contributed by atoms with Crippen LogP contribution in [-0.4, -0.2) is 50.0 Å². The number of rotatable bonds is 5. The van der Waals surface area contributed by atoms with E-state index in [0.29, 0.717) is 0 Å². The first-order valence-corrected chi connectivity index (χ1v) is 10.0. The van der Waals surface area contributed by atoms with Gasteiger partial charge in [-0.15, -0.1) is 0 Å². The van der Waals surface area contributed by atoms with Crippen LogP contribution in [0.5, 0.6) is 0 Å². The second-order valence-corrected chi connectivity index (χ2v) is 7.80. The predicted molar refractivity (Wildman–Crippen MR) is 110 cm³/mol. The molecular formula is C20H18ClF3N6O2.